The first-order valence-corrected chi connectivity index (χ1v) is 8.71. The molecule has 0 radical (unpaired) electrons. The average molecular weight is 341 g/mol. The minimum Gasteiger partial charge on any atom is -0.455 e. The molecule has 0 aromatic rings. The standard InChI is InChI=1S/C16H21ClN2O4/c17-16-6-10-3-11(7-16)5-15(4-10,9-16)13(21)23-8-12(20)19-2-1-18-14(19)22/h10-11H,1-9H2,(H,18,22)/t10-,11-,15?,16?/m1/s1. The molecule has 126 valence electrons. The van der Waals surface area contributed by atoms with Crippen LogP contribution in [0.2, 0.25) is 0 Å². The highest BCUT2D eigenvalue weighted by atomic mass is 35.5. The van der Waals surface area contributed by atoms with Gasteiger partial charge in [0.1, 0.15) is 0 Å². The van der Waals surface area contributed by atoms with Crippen LogP contribution in [0, 0.1) is 17.3 Å². The lowest BCUT2D eigenvalue weighted by molar-refractivity contribution is -0.172. The summed E-state index contributed by atoms with van der Waals surface area (Å²) >= 11 is 6.71. The number of carbonyl (C=O) groups is 3. The van der Waals surface area contributed by atoms with Crippen LogP contribution in [-0.4, -0.2) is 47.4 Å². The van der Waals surface area contributed by atoms with E-state index < -0.39 is 17.4 Å². The first kappa shape index (κ1) is 15.2. The predicted molar refractivity (Wildman–Crippen MR) is 81.8 cm³/mol. The molecule has 2 atom stereocenters. The van der Waals surface area contributed by atoms with Gasteiger partial charge in [-0.3, -0.25) is 14.5 Å². The number of esters is 1. The first-order chi connectivity index (χ1) is 10.9. The Labute approximate surface area is 139 Å². The number of carbonyl (C=O) groups excluding carboxylic acids is 3. The maximum Gasteiger partial charge on any atom is 0.324 e. The van der Waals surface area contributed by atoms with Gasteiger partial charge in [0.2, 0.25) is 0 Å². The molecule has 0 spiro atoms. The van der Waals surface area contributed by atoms with Crippen molar-refractivity contribution in [3.63, 3.8) is 0 Å². The topological polar surface area (TPSA) is 75.7 Å². The fourth-order valence-electron chi connectivity index (χ4n) is 5.46. The van der Waals surface area contributed by atoms with Crippen molar-refractivity contribution in [1.29, 1.82) is 0 Å². The Morgan fingerprint density at radius 3 is 2.52 bits per heavy atom. The number of urea groups is 1. The number of hydrogen-bond donors (Lipinski definition) is 1. The SMILES string of the molecule is O=C(COC(=O)C12C[C@H]3C[C@@H](CC(Cl)(C3)C1)C2)N1CCNC1=O. The van der Waals surface area contributed by atoms with Crippen LogP contribution in [0.15, 0.2) is 0 Å². The Kier molecular flexibility index (Phi) is 3.38. The van der Waals surface area contributed by atoms with Crippen LogP contribution in [0.5, 0.6) is 0 Å². The number of halogens is 1. The average Bonchev–Trinajstić information content (AvgIpc) is 2.88. The monoisotopic (exact) mass is 340 g/mol. The van der Waals surface area contributed by atoms with E-state index >= 15 is 0 Å². The molecule has 5 aliphatic rings. The van der Waals surface area contributed by atoms with E-state index in [2.05, 4.69) is 5.32 Å². The zero-order valence-corrected chi connectivity index (χ0v) is 13.7. The van der Waals surface area contributed by atoms with E-state index in [-0.39, 0.29) is 17.5 Å². The van der Waals surface area contributed by atoms with E-state index in [0.29, 0.717) is 31.3 Å². The number of ether oxygens (including phenoxy) is 1. The van der Waals surface area contributed by atoms with Crippen molar-refractivity contribution in [3.05, 3.63) is 0 Å². The van der Waals surface area contributed by atoms with Crippen molar-refractivity contribution in [2.24, 2.45) is 17.3 Å². The minimum absolute atomic E-state index is 0.262. The summed E-state index contributed by atoms with van der Waals surface area (Å²) in [6.07, 6.45) is 5.46. The van der Waals surface area contributed by atoms with Gasteiger partial charge in [0.15, 0.2) is 6.61 Å². The second-order valence-corrected chi connectivity index (χ2v) is 8.55. The lowest BCUT2D eigenvalue weighted by Gasteiger charge is -2.58. The number of amides is 3. The van der Waals surface area contributed by atoms with E-state index in [1.54, 1.807) is 0 Å². The smallest absolute Gasteiger partial charge is 0.324 e. The van der Waals surface area contributed by atoms with Crippen molar-refractivity contribution < 1.29 is 19.1 Å². The molecule has 4 saturated carbocycles. The van der Waals surface area contributed by atoms with Gasteiger partial charge in [0, 0.05) is 18.0 Å². The third kappa shape index (κ3) is 2.51. The fourth-order valence-corrected chi connectivity index (χ4v) is 6.15. The molecule has 7 heteroatoms. The number of nitrogens with one attached hydrogen (secondary N) is 1. The Balaban J connectivity index is 1.41. The summed E-state index contributed by atoms with van der Waals surface area (Å²) in [6.45, 7) is 0.411. The molecular weight excluding hydrogens is 320 g/mol. The van der Waals surface area contributed by atoms with Crippen LogP contribution in [0.1, 0.15) is 38.5 Å². The summed E-state index contributed by atoms with van der Waals surface area (Å²) in [6, 6.07) is -0.416. The lowest BCUT2D eigenvalue weighted by atomic mass is 9.49. The number of alkyl halides is 1. The van der Waals surface area contributed by atoms with Crippen LogP contribution in [0.3, 0.4) is 0 Å². The molecule has 1 saturated heterocycles. The molecule has 5 fully saturated rings. The Morgan fingerprint density at radius 2 is 1.96 bits per heavy atom. The van der Waals surface area contributed by atoms with Gasteiger partial charge in [0.25, 0.3) is 5.91 Å². The zero-order valence-electron chi connectivity index (χ0n) is 13.0. The summed E-state index contributed by atoms with van der Waals surface area (Å²) in [5.74, 6) is 0.242. The maximum absolute atomic E-state index is 12.7. The number of hydrogen-bond acceptors (Lipinski definition) is 4. The van der Waals surface area contributed by atoms with Gasteiger partial charge in [-0.25, -0.2) is 4.79 Å². The Bertz CT molecular complexity index is 564. The molecule has 0 unspecified atom stereocenters. The van der Waals surface area contributed by atoms with E-state index in [1.165, 1.54) is 0 Å². The fraction of sp³-hybridized carbons (Fsp3) is 0.812. The normalized spacial score (nSPS) is 41.1. The van der Waals surface area contributed by atoms with Crippen LogP contribution in [0.4, 0.5) is 4.79 Å². The molecule has 3 amide bonds. The second-order valence-electron chi connectivity index (χ2n) is 7.75. The maximum atomic E-state index is 12.7. The molecule has 5 rings (SSSR count). The number of rotatable bonds is 3. The van der Waals surface area contributed by atoms with Crippen molar-refractivity contribution in [2.75, 3.05) is 19.7 Å². The Morgan fingerprint density at radius 1 is 1.26 bits per heavy atom. The molecule has 1 aliphatic heterocycles. The quantitative estimate of drug-likeness (QED) is 0.626. The van der Waals surface area contributed by atoms with Crippen LogP contribution in [0.25, 0.3) is 0 Å². The molecule has 1 N–H and O–H groups in total. The predicted octanol–water partition coefficient (Wildman–Crippen LogP) is 1.66. The molecule has 6 nitrogen and oxygen atoms in total. The highest BCUT2D eigenvalue weighted by molar-refractivity contribution is 6.24. The molecule has 4 aliphatic carbocycles. The van der Waals surface area contributed by atoms with E-state index in [0.717, 1.165) is 37.0 Å². The van der Waals surface area contributed by atoms with Crippen LogP contribution in [-0.2, 0) is 14.3 Å². The second kappa shape index (κ2) is 5.10. The summed E-state index contributed by atoms with van der Waals surface area (Å²) in [5, 5.41) is 2.56. The third-order valence-corrected chi connectivity index (χ3v) is 6.35. The zero-order chi connectivity index (χ0) is 16.2. The highest BCUT2D eigenvalue weighted by Crippen LogP contribution is 2.64. The molecule has 1 heterocycles. The molecule has 4 bridgehead atoms. The van der Waals surface area contributed by atoms with Crippen molar-refractivity contribution in [1.82, 2.24) is 10.2 Å². The van der Waals surface area contributed by atoms with Gasteiger partial charge in [-0.1, -0.05) is 0 Å². The largest absolute Gasteiger partial charge is 0.455 e. The van der Waals surface area contributed by atoms with Gasteiger partial charge in [-0.05, 0) is 50.4 Å². The molecular formula is C16H21ClN2O4. The summed E-state index contributed by atoms with van der Waals surface area (Å²) in [4.78, 5) is 37.0. The Hall–Kier alpha value is -1.30. The van der Waals surface area contributed by atoms with Crippen molar-refractivity contribution in [2.45, 2.75) is 43.4 Å². The molecule has 0 aromatic heterocycles. The van der Waals surface area contributed by atoms with Crippen LogP contribution < -0.4 is 5.32 Å². The third-order valence-electron chi connectivity index (χ3n) is 5.91. The van der Waals surface area contributed by atoms with E-state index in [9.17, 15) is 14.4 Å². The number of nitrogens with zero attached hydrogens (tertiary/aromatic N) is 1. The van der Waals surface area contributed by atoms with E-state index in [4.69, 9.17) is 16.3 Å². The van der Waals surface area contributed by atoms with Gasteiger partial charge in [-0.2, -0.15) is 0 Å². The van der Waals surface area contributed by atoms with Gasteiger partial charge < -0.3 is 10.1 Å². The lowest BCUT2D eigenvalue weighted by Crippen LogP contribution is -2.56. The van der Waals surface area contributed by atoms with Crippen molar-refractivity contribution in [3.8, 4) is 0 Å². The molecule has 23 heavy (non-hydrogen) atoms. The van der Waals surface area contributed by atoms with Gasteiger partial charge >= 0.3 is 12.0 Å². The minimum atomic E-state index is -0.515. The first-order valence-electron chi connectivity index (χ1n) is 8.34. The summed E-state index contributed by atoms with van der Waals surface area (Å²) < 4.78 is 5.33. The number of imide groups is 1. The van der Waals surface area contributed by atoms with Crippen molar-refractivity contribution >= 4 is 29.5 Å². The molecule has 0 aromatic carbocycles. The van der Waals surface area contributed by atoms with Crippen LogP contribution >= 0.6 is 11.6 Å². The van der Waals surface area contributed by atoms with Gasteiger partial charge in [0.05, 0.1) is 5.41 Å². The highest BCUT2D eigenvalue weighted by Gasteiger charge is 2.60. The summed E-state index contributed by atoms with van der Waals surface area (Å²) in [5.41, 5.74) is -0.515. The van der Waals surface area contributed by atoms with Gasteiger partial charge in [-0.15, -0.1) is 11.6 Å². The van der Waals surface area contributed by atoms with E-state index in [1.807, 2.05) is 0 Å². The summed E-state index contributed by atoms with van der Waals surface area (Å²) in [7, 11) is 0.